The van der Waals surface area contributed by atoms with Gasteiger partial charge in [0.1, 0.15) is 13.2 Å². The van der Waals surface area contributed by atoms with Gasteiger partial charge < -0.3 is 19.8 Å². The Kier molecular flexibility index (Phi) is 32.7. The Labute approximate surface area is 308 Å². The zero-order chi connectivity index (χ0) is 37.2. The van der Waals surface area contributed by atoms with Gasteiger partial charge in [-0.15, -0.1) is 0 Å². The second-order valence-corrected chi connectivity index (χ2v) is 16.5. The molecule has 8 nitrogen and oxygen atoms in total. The van der Waals surface area contributed by atoms with Crippen molar-refractivity contribution in [2.24, 2.45) is 0 Å². The molecule has 1 unspecified atom stereocenters. The van der Waals surface area contributed by atoms with Gasteiger partial charge in [0.15, 0.2) is 0 Å². The molecule has 0 fully saturated rings. The smallest absolute Gasteiger partial charge is 0.387 e. The van der Waals surface area contributed by atoms with E-state index in [1.54, 1.807) is 6.08 Å². The lowest BCUT2D eigenvalue weighted by molar-refractivity contribution is -0.870. The Hall–Kier alpha value is -1.28. The highest BCUT2D eigenvalue weighted by molar-refractivity contribution is 7.47. The summed E-state index contributed by atoms with van der Waals surface area (Å²) in [7, 11) is 1.55. The number of carbonyl (C=O) groups excluding carboxylic acids is 1. The number of quaternary nitrogens is 1. The monoisotopic (exact) mass is 728 g/mol. The number of unbranched alkanes of at least 4 members (excludes halogenated alkanes) is 19. The number of amides is 1. The first-order chi connectivity index (χ1) is 24.0. The van der Waals surface area contributed by atoms with Crippen molar-refractivity contribution < 1.29 is 32.9 Å². The van der Waals surface area contributed by atoms with Gasteiger partial charge in [-0.2, -0.15) is 0 Å². The maximum atomic E-state index is 12.8. The summed E-state index contributed by atoms with van der Waals surface area (Å²) in [6, 6.07) is -0.860. The molecule has 50 heavy (non-hydrogen) atoms. The summed E-state index contributed by atoms with van der Waals surface area (Å²) in [5.74, 6) is -0.194. The van der Waals surface area contributed by atoms with Gasteiger partial charge >= 0.3 is 7.82 Å². The standard InChI is InChI=1S/C41H79N2O6P/c1-6-8-10-12-14-16-17-18-19-20-21-22-23-24-25-27-29-31-33-35-41(45)42-39(38-49-50(46,47)48-37-36-43(3,4)5)40(44)34-32-30-28-26-15-13-11-9-7-2/h15,18-19,26,32,34,39-40,44H,6-14,16-17,20-25,27-31,33,35-38H2,1-5H3,(H-,42,45,46,47)/p+1/b19-18+,26-15+,34-32+/t39-,40+/m0/s1. The van der Waals surface area contributed by atoms with E-state index in [-0.39, 0.29) is 19.1 Å². The number of phosphoric acid groups is 1. The molecule has 0 saturated heterocycles. The van der Waals surface area contributed by atoms with E-state index in [9.17, 15) is 19.4 Å². The molecule has 0 aromatic rings. The number of aliphatic hydroxyl groups excluding tert-OH is 1. The van der Waals surface area contributed by atoms with Crippen LogP contribution in [-0.2, 0) is 18.4 Å². The number of phosphoric ester groups is 1. The highest BCUT2D eigenvalue weighted by Crippen LogP contribution is 2.43. The Morgan fingerprint density at radius 2 is 1.10 bits per heavy atom. The molecule has 0 saturated carbocycles. The number of nitrogens with zero attached hydrogens (tertiary/aromatic N) is 1. The topological polar surface area (TPSA) is 105 Å². The van der Waals surface area contributed by atoms with Gasteiger partial charge in [-0.3, -0.25) is 13.8 Å². The predicted octanol–water partition coefficient (Wildman–Crippen LogP) is 10.7. The third-order valence-electron chi connectivity index (χ3n) is 8.83. The molecule has 3 N–H and O–H groups in total. The fourth-order valence-corrected chi connectivity index (χ4v) is 6.26. The lowest BCUT2D eigenvalue weighted by Crippen LogP contribution is -2.45. The molecule has 0 rings (SSSR count). The minimum atomic E-state index is -4.33. The molecule has 294 valence electrons. The van der Waals surface area contributed by atoms with Crippen molar-refractivity contribution in [3.05, 3.63) is 36.5 Å². The van der Waals surface area contributed by atoms with Crippen LogP contribution in [-0.4, -0.2) is 73.4 Å². The maximum absolute atomic E-state index is 12.8. The SMILES string of the molecule is CCCCC/C=C/CC/C=C/[C@@H](O)[C@H](COP(=O)(O)OCC[N+](C)(C)C)NC(=O)CCCCCCCCCCC/C=C/CCCCCCCC. The molecule has 0 aromatic heterocycles. The molecule has 0 aliphatic carbocycles. The van der Waals surface area contributed by atoms with Crippen LogP contribution in [0.5, 0.6) is 0 Å². The first-order valence-electron chi connectivity index (χ1n) is 20.4. The minimum absolute atomic E-state index is 0.0553. The number of carbonyl (C=O) groups is 1. The highest BCUT2D eigenvalue weighted by Gasteiger charge is 2.27. The normalized spacial score (nSPS) is 14.9. The molecule has 1 amide bonds. The highest BCUT2D eigenvalue weighted by atomic mass is 31.2. The molecular weight excluding hydrogens is 647 g/mol. The van der Waals surface area contributed by atoms with E-state index in [1.807, 2.05) is 27.2 Å². The molecule has 0 aliphatic heterocycles. The first-order valence-corrected chi connectivity index (χ1v) is 21.9. The van der Waals surface area contributed by atoms with Crippen molar-refractivity contribution in [1.82, 2.24) is 5.32 Å². The average Bonchev–Trinajstić information content (AvgIpc) is 3.06. The van der Waals surface area contributed by atoms with Crippen molar-refractivity contribution in [3.63, 3.8) is 0 Å². The fourth-order valence-electron chi connectivity index (χ4n) is 5.52. The van der Waals surface area contributed by atoms with Crippen LogP contribution in [0.1, 0.15) is 168 Å². The number of hydrogen-bond donors (Lipinski definition) is 3. The third kappa shape index (κ3) is 35.1. The van der Waals surface area contributed by atoms with Crippen LogP contribution in [0.2, 0.25) is 0 Å². The zero-order valence-corrected chi connectivity index (χ0v) is 34.0. The molecule has 3 atom stereocenters. The second-order valence-electron chi connectivity index (χ2n) is 15.0. The van der Waals surface area contributed by atoms with Gasteiger partial charge in [0, 0.05) is 6.42 Å². The van der Waals surface area contributed by atoms with Gasteiger partial charge in [0.25, 0.3) is 0 Å². The summed E-state index contributed by atoms with van der Waals surface area (Å²) in [5.41, 5.74) is 0. The van der Waals surface area contributed by atoms with E-state index < -0.39 is 20.0 Å². The lowest BCUT2D eigenvalue weighted by Gasteiger charge is -2.25. The predicted molar refractivity (Wildman–Crippen MR) is 212 cm³/mol. The van der Waals surface area contributed by atoms with Crippen LogP contribution in [0.3, 0.4) is 0 Å². The Balaban J connectivity index is 4.37. The number of nitrogens with one attached hydrogen (secondary N) is 1. The number of rotatable bonds is 36. The quantitative estimate of drug-likeness (QED) is 0.0257. The summed E-state index contributed by atoms with van der Waals surface area (Å²) in [4.78, 5) is 23.0. The number of aliphatic hydroxyl groups is 1. The van der Waals surface area contributed by atoms with E-state index in [0.29, 0.717) is 17.4 Å². The molecule has 0 aliphatic rings. The zero-order valence-electron chi connectivity index (χ0n) is 33.1. The van der Waals surface area contributed by atoms with E-state index in [2.05, 4.69) is 43.5 Å². The van der Waals surface area contributed by atoms with Crippen LogP contribution in [0.15, 0.2) is 36.5 Å². The minimum Gasteiger partial charge on any atom is -0.387 e. The van der Waals surface area contributed by atoms with Crippen molar-refractivity contribution in [1.29, 1.82) is 0 Å². The fraction of sp³-hybridized carbons (Fsp3) is 0.829. The Morgan fingerprint density at radius 1 is 0.660 bits per heavy atom. The van der Waals surface area contributed by atoms with Crippen molar-refractivity contribution in [2.45, 2.75) is 180 Å². The second kappa shape index (κ2) is 33.5. The largest absolute Gasteiger partial charge is 0.472 e. The Morgan fingerprint density at radius 3 is 1.64 bits per heavy atom. The number of likely N-dealkylation sites (N-methyl/N-ethyl adjacent to an activating group) is 1. The summed E-state index contributed by atoms with van der Waals surface area (Å²) >= 11 is 0. The molecule has 0 radical (unpaired) electrons. The number of hydrogen-bond acceptors (Lipinski definition) is 5. The summed E-state index contributed by atoms with van der Waals surface area (Å²) in [6.07, 6.45) is 39.4. The van der Waals surface area contributed by atoms with Crippen LogP contribution < -0.4 is 5.32 Å². The molecule has 0 aromatic carbocycles. The van der Waals surface area contributed by atoms with Gasteiger partial charge in [-0.05, 0) is 57.8 Å². The van der Waals surface area contributed by atoms with Crippen molar-refractivity contribution in [3.8, 4) is 0 Å². The van der Waals surface area contributed by atoms with Gasteiger partial charge in [0.2, 0.25) is 5.91 Å². The molecule has 0 bridgehead atoms. The summed E-state index contributed by atoms with van der Waals surface area (Å²) in [6.45, 7) is 4.72. The van der Waals surface area contributed by atoms with Gasteiger partial charge in [-0.1, -0.05) is 140 Å². The summed E-state index contributed by atoms with van der Waals surface area (Å²) in [5, 5.41) is 13.7. The maximum Gasteiger partial charge on any atom is 0.472 e. The Bertz CT molecular complexity index is 917. The van der Waals surface area contributed by atoms with E-state index >= 15 is 0 Å². The molecule has 0 spiro atoms. The molecule has 0 heterocycles. The molecule has 9 heteroatoms. The van der Waals surface area contributed by atoms with Gasteiger partial charge in [-0.25, -0.2) is 4.57 Å². The number of allylic oxidation sites excluding steroid dienone is 5. The molecular formula is C41H80N2O6P+. The third-order valence-corrected chi connectivity index (χ3v) is 9.82. The van der Waals surface area contributed by atoms with E-state index in [0.717, 1.165) is 38.5 Å². The van der Waals surface area contributed by atoms with Crippen LogP contribution in [0.4, 0.5) is 0 Å². The van der Waals surface area contributed by atoms with Crippen molar-refractivity contribution >= 4 is 13.7 Å². The van der Waals surface area contributed by atoms with Gasteiger partial charge in [0.05, 0.1) is 39.9 Å². The average molecular weight is 728 g/mol. The van der Waals surface area contributed by atoms with E-state index in [4.69, 9.17) is 9.05 Å². The van der Waals surface area contributed by atoms with Crippen LogP contribution in [0, 0.1) is 0 Å². The summed E-state index contributed by atoms with van der Waals surface area (Å²) < 4.78 is 23.4. The van der Waals surface area contributed by atoms with Crippen molar-refractivity contribution in [2.75, 3.05) is 40.9 Å². The lowest BCUT2D eigenvalue weighted by atomic mass is 10.0. The van der Waals surface area contributed by atoms with Crippen LogP contribution in [0.25, 0.3) is 0 Å². The van der Waals surface area contributed by atoms with E-state index in [1.165, 1.54) is 109 Å². The first kappa shape index (κ1) is 48.7. The van der Waals surface area contributed by atoms with Crippen LogP contribution >= 0.6 is 7.82 Å².